The molecule has 2 fully saturated rings. The SMILES string of the molecule is CO[C@H]1COC[C@@H]1NC(=O)C1CCC(NC(=O)c2ccc(N)nc2)CC1. The van der Waals surface area contributed by atoms with Gasteiger partial charge in [0.05, 0.1) is 24.8 Å². The predicted octanol–water partition coefficient (Wildman–Crippen LogP) is 0.482. The second kappa shape index (κ2) is 8.46. The van der Waals surface area contributed by atoms with Crippen LogP contribution in [0.3, 0.4) is 0 Å². The maximum absolute atomic E-state index is 12.5. The lowest BCUT2D eigenvalue weighted by atomic mass is 9.85. The van der Waals surface area contributed by atoms with Crippen LogP contribution in [0.2, 0.25) is 0 Å². The molecule has 3 rings (SSSR count). The number of nitrogens with two attached hydrogens (primary N) is 1. The number of ether oxygens (including phenoxy) is 2. The van der Waals surface area contributed by atoms with Gasteiger partial charge in [-0.15, -0.1) is 0 Å². The Morgan fingerprint density at radius 3 is 2.62 bits per heavy atom. The molecule has 4 N–H and O–H groups in total. The second-order valence-electron chi connectivity index (χ2n) is 6.92. The number of carbonyl (C=O) groups is 2. The van der Waals surface area contributed by atoms with Gasteiger partial charge in [-0.05, 0) is 37.8 Å². The summed E-state index contributed by atoms with van der Waals surface area (Å²) >= 11 is 0. The molecule has 0 aromatic carbocycles. The van der Waals surface area contributed by atoms with Crippen molar-refractivity contribution in [2.24, 2.45) is 5.92 Å². The van der Waals surface area contributed by atoms with E-state index in [9.17, 15) is 9.59 Å². The van der Waals surface area contributed by atoms with Crippen LogP contribution in [0.5, 0.6) is 0 Å². The van der Waals surface area contributed by atoms with Crippen molar-refractivity contribution in [1.82, 2.24) is 15.6 Å². The van der Waals surface area contributed by atoms with Crippen LogP contribution in [0.15, 0.2) is 18.3 Å². The molecule has 0 radical (unpaired) electrons. The summed E-state index contributed by atoms with van der Waals surface area (Å²) < 4.78 is 10.7. The van der Waals surface area contributed by atoms with Crippen LogP contribution in [0.4, 0.5) is 5.82 Å². The average molecular weight is 362 g/mol. The van der Waals surface area contributed by atoms with E-state index in [1.165, 1.54) is 6.20 Å². The van der Waals surface area contributed by atoms with Crippen LogP contribution in [0.25, 0.3) is 0 Å². The van der Waals surface area contributed by atoms with Crippen LogP contribution < -0.4 is 16.4 Å². The summed E-state index contributed by atoms with van der Waals surface area (Å²) in [5.41, 5.74) is 6.03. The third-order valence-corrected chi connectivity index (χ3v) is 5.14. The summed E-state index contributed by atoms with van der Waals surface area (Å²) in [6, 6.07) is 3.26. The van der Waals surface area contributed by atoms with E-state index in [0.29, 0.717) is 24.6 Å². The van der Waals surface area contributed by atoms with Gasteiger partial charge in [-0.3, -0.25) is 9.59 Å². The van der Waals surface area contributed by atoms with Crippen LogP contribution in [0, 0.1) is 5.92 Å². The number of hydrogen-bond acceptors (Lipinski definition) is 6. The number of hydrogen-bond donors (Lipinski definition) is 3. The van der Waals surface area contributed by atoms with E-state index in [1.54, 1.807) is 19.2 Å². The molecule has 1 saturated heterocycles. The molecule has 2 atom stereocenters. The molecule has 0 spiro atoms. The highest BCUT2D eigenvalue weighted by Gasteiger charge is 2.33. The van der Waals surface area contributed by atoms with Gasteiger partial charge >= 0.3 is 0 Å². The number of nitrogen functional groups attached to an aromatic ring is 1. The molecule has 26 heavy (non-hydrogen) atoms. The standard InChI is InChI=1S/C18H26N4O4/c1-25-15-10-26-9-14(15)22-17(23)11-2-5-13(6-3-11)21-18(24)12-4-7-16(19)20-8-12/h4,7-8,11,13-15H,2-3,5-6,9-10H2,1H3,(H2,19,20)(H,21,24)(H,22,23)/t11?,13?,14-,15-/m0/s1. The zero-order chi connectivity index (χ0) is 18.5. The quantitative estimate of drug-likeness (QED) is 0.702. The number of methoxy groups -OCH3 is 1. The molecule has 0 unspecified atom stereocenters. The average Bonchev–Trinajstić information content (AvgIpc) is 3.10. The van der Waals surface area contributed by atoms with Gasteiger partial charge in [0.1, 0.15) is 11.9 Å². The number of carbonyl (C=O) groups excluding carboxylic acids is 2. The zero-order valence-corrected chi connectivity index (χ0v) is 14.9. The number of nitrogens with zero attached hydrogens (tertiary/aromatic N) is 1. The highest BCUT2D eigenvalue weighted by atomic mass is 16.5. The first kappa shape index (κ1) is 18.6. The van der Waals surface area contributed by atoms with Crippen molar-refractivity contribution in [2.45, 2.75) is 43.9 Å². The maximum Gasteiger partial charge on any atom is 0.253 e. The Hall–Kier alpha value is -2.19. The molecule has 2 aliphatic rings. The fourth-order valence-electron chi connectivity index (χ4n) is 3.51. The molecule has 1 saturated carbocycles. The van der Waals surface area contributed by atoms with Crippen molar-refractivity contribution in [2.75, 3.05) is 26.1 Å². The fourth-order valence-corrected chi connectivity index (χ4v) is 3.51. The molecule has 2 amide bonds. The minimum atomic E-state index is -0.156. The Bertz CT molecular complexity index is 629. The van der Waals surface area contributed by atoms with Crippen LogP contribution in [0.1, 0.15) is 36.0 Å². The second-order valence-corrected chi connectivity index (χ2v) is 6.92. The van der Waals surface area contributed by atoms with Crippen LogP contribution in [-0.4, -0.2) is 55.3 Å². The Balaban J connectivity index is 1.44. The smallest absolute Gasteiger partial charge is 0.253 e. The molecule has 0 bridgehead atoms. The van der Waals surface area contributed by atoms with Gasteiger partial charge in [0, 0.05) is 25.3 Å². The summed E-state index contributed by atoms with van der Waals surface area (Å²) in [4.78, 5) is 28.6. The van der Waals surface area contributed by atoms with E-state index >= 15 is 0 Å². The summed E-state index contributed by atoms with van der Waals surface area (Å²) in [6.45, 7) is 1.01. The minimum Gasteiger partial charge on any atom is -0.384 e. The van der Waals surface area contributed by atoms with Crippen molar-refractivity contribution in [3.63, 3.8) is 0 Å². The number of pyridine rings is 1. The third kappa shape index (κ3) is 4.50. The summed E-state index contributed by atoms with van der Waals surface area (Å²) in [7, 11) is 1.63. The molecule has 1 aromatic rings. The number of rotatable bonds is 5. The lowest BCUT2D eigenvalue weighted by Gasteiger charge is -2.29. The van der Waals surface area contributed by atoms with Gasteiger partial charge in [-0.2, -0.15) is 0 Å². The first-order chi connectivity index (χ1) is 12.6. The Labute approximate surface area is 152 Å². The molecule has 1 aliphatic heterocycles. The summed E-state index contributed by atoms with van der Waals surface area (Å²) in [5, 5.41) is 6.05. The van der Waals surface area contributed by atoms with Crippen LogP contribution >= 0.6 is 0 Å². The van der Waals surface area contributed by atoms with Crippen molar-refractivity contribution in [3.05, 3.63) is 23.9 Å². The molecule has 142 valence electrons. The first-order valence-corrected chi connectivity index (χ1v) is 9.00. The minimum absolute atomic E-state index is 0.0283. The number of amides is 2. The monoisotopic (exact) mass is 362 g/mol. The van der Waals surface area contributed by atoms with E-state index in [4.69, 9.17) is 15.2 Å². The number of anilines is 1. The molecule has 1 aromatic heterocycles. The molecule has 2 heterocycles. The van der Waals surface area contributed by atoms with Gasteiger partial charge < -0.3 is 25.8 Å². The summed E-state index contributed by atoms with van der Waals surface area (Å²) in [6.07, 6.45) is 4.45. The van der Waals surface area contributed by atoms with E-state index in [0.717, 1.165) is 25.7 Å². The highest BCUT2D eigenvalue weighted by molar-refractivity contribution is 5.94. The largest absolute Gasteiger partial charge is 0.384 e. The Morgan fingerprint density at radius 1 is 1.19 bits per heavy atom. The number of aromatic nitrogens is 1. The van der Waals surface area contributed by atoms with Gasteiger partial charge in [0.25, 0.3) is 5.91 Å². The van der Waals surface area contributed by atoms with Gasteiger partial charge in [-0.25, -0.2) is 4.98 Å². The molecular formula is C18H26N4O4. The lowest BCUT2D eigenvalue weighted by Crippen LogP contribution is -2.47. The van der Waals surface area contributed by atoms with E-state index in [2.05, 4.69) is 15.6 Å². The molecule has 1 aliphatic carbocycles. The zero-order valence-electron chi connectivity index (χ0n) is 14.9. The Kier molecular flexibility index (Phi) is 6.05. The van der Waals surface area contributed by atoms with E-state index in [-0.39, 0.29) is 35.9 Å². The van der Waals surface area contributed by atoms with Crippen molar-refractivity contribution < 1.29 is 19.1 Å². The van der Waals surface area contributed by atoms with Gasteiger partial charge in [0.15, 0.2) is 0 Å². The van der Waals surface area contributed by atoms with Gasteiger partial charge in [0.2, 0.25) is 5.91 Å². The van der Waals surface area contributed by atoms with E-state index in [1.807, 2.05) is 0 Å². The van der Waals surface area contributed by atoms with Crippen LogP contribution in [-0.2, 0) is 14.3 Å². The topological polar surface area (TPSA) is 116 Å². The molecular weight excluding hydrogens is 336 g/mol. The molecule has 8 nitrogen and oxygen atoms in total. The normalized spacial score (nSPS) is 28.5. The Morgan fingerprint density at radius 2 is 1.96 bits per heavy atom. The van der Waals surface area contributed by atoms with Crippen molar-refractivity contribution in [3.8, 4) is 0 Å². The lowest BCUT2D eigenvalue weighted by molar-refractivity contribution is -0.127. The maximum atomic E-state index is 12.5. The van der Waals surface area contributed by atoms with Gasteiger partial charge in [-0.1, -0.05) is 0 Å². The fraction of sp³-hybridized carbons (Fsp3) is 0.611. The first-order valence-electron chi connectivity index (χ1n) is 9.00. The highest BCUT2D eigenvalue weighted by Crippen LogP contribution is 2.25. The number of nitrogens with one attached hydrogen (secondary N) is 2. The van der Waals surface area contributed by atoms with E-state index < -0.39 is 0 Å². The third-order valence-electron chi connectivity index (χ3n) is 5.14. The summed E-state index contributed by atoms with van der Waals surface area (Å²) in [5.74, 6) is 0.252. The van der Waals surface area contributed by atoms with Crippen molar-refractivity contribution in [1.29, 1.82) is 0 Å². The molecule has 8 heteroatoms. The predicted molar refractivity (Wildman–Crippen MR) is 95.4 cm³/mol. The van der Waals surface area contributed by atoms with Crippen molar-refractivity contribution >= 4 is 17.6 Å².